The number of rotatable bonds is 0. The molecule has 0 aliphatic heterocycles. The minimum absolute atomic E-state index is 0.0780. The van der Waals surface area contributed by atoms with E-state index in [1.165, 1.54) is 12.3 Å². The lowest BCUT2D eigenvalue weighted by atomic mass is 10.1. The standard InChI is InChI=1S/C12H7N3O/c16-11-5-7-14-15-12-8-2-1-6-13-10(8)4-3-9(11)12/h1-7H. The molecule has 3 rings (SSSR count). The van der Waals surface area contributed by atoms with E-state index in [4.69, 9.17) is 0 Å². The van der Waals surface area contributed by atoms with Crippen molar-refractivity contribution in [3.63, 3.8) is 0 Å². The lowest BCUT2D eigenvalue weighted by molar-refractivity contribution is 1.09. The van der Waals surface area contributed by atoms with E-state index in [1.54, 1.807) is 12.3 Å². The monoisotopic (exact) mass is 209 g/mol. The largest absolute Gasteiger partial charge is 0.289 e. The summed E-state index contributed by atoms with van der Waals surface area (Å²) >= 11 is 0. The maximum Gasteiger partial charge on any atom is 0.189 e. The summed E-state index contributed by atoms with van der Waals surface area (Å²) in [6, 6.07) is 8.68. The minimum atomic E-state index is -0.0780. The fourth-order valence-corrected chi connectivity index (χ4v) is 1.73. The van der Waals surface area contributed by atoms with E-state index in [0.29, 0.717) is 10.9 Å². The van der Waals surface area contributed by atoms with Crippen LogP contribution in [0.4, 0.5) is 0 Å². The van der Waals surface area contributed by atoms with E-state index in [9.17, 15) is 4.79 Å². The van der Waals surface area contributed by atoms with Crippen LogP contribution in [-0.2, 0) is 0 Å². The number of hydrogen-bond donors (Lipinski definition) is 0. The Morgan fingerprint density at radius 3 is 2.81 bits per heavy atom. The Morgan fingerprint density at radius 2 is 1.88 bits per heavy atom. The highest BCUT2D eigenvalue weighted by Gasteiger charge is 2.03. The summed E-state index contributed by atoms with van der Waals surface area (Å²) in [6.07, 6.45) is 3.12. The van der Waals surface area contributed by atoms with Crippen LogP contribution in [0.25, 0.3) is 21.8 Å². The van der Waals surface area contributed by atoms with Gasteiger partial charge in [0.05, 0.1) is 17.1 Å². The van der Waals surface area contributed by atoms with Crippen LogP contribution in [0.5, 0.6) is 0 Å². The fraction of sp³-hybridized carbons (Fsp3) is 0. The molecule has 0 atom stereocenters. The normalized spacial score (nSPS) is 10.8. The van der Waals surface area contributed by atoms with Gasteiger partial charge in [-0.25, -0.2) is 0 Å². The van der Waals surface area contributed by atoms with Crippen molar-refractivity contribution in [2.45, 2.75) is 0 Å². The first kappa shape index (κ1) is 8.91. The van der Waals surface area contributed by atoms with Crippen LogP contribution in [0.15, 0.2) is 47.5 Å². The third-order valence-corrected chi connectivity index (χ3v) is 2.47. The van der Waals surface area contributed by atoms with Gasteiger partial charge < -0.3 is 0 Å². The second-order valence-electron chi connectivity index (χ2n) is 3.43. The first-order valence-electron chi connectivity index (χ1n) is 4.86. The highest BCUT2D eigenvalue weighted by Crippen LogP contribution is 2.18. The van der Waals surface area contributed by atoms with Gasteiger partial charge in [0.15, 0.2) is 5.43 Å². The molecule has 2 heterocycles. The maximum absolute atomic E-state index is 11.7. The summed E-state index contributed by atoms with van der Waals surface area (Å²) in [7, 11) is 0. The molecule has 0 radical (unpaired) electrons. The summed E-state index contributed by atoms with van der Waals surface area (Å²) in [6.45, 7) is 0. The van der Waals surface area contributed by atoms with Crippen LogP contribution in [0, 0.1) is 0 Å². The predicted octanol–water partition coefficient (Wildman–Crippen LogP) is 1.54. The van der Waals surface area contributed by atoms with E-state index in [0.717, 1.165) is 10.9 Å². The van der Waals surface area contributed by atoms with E-state index in [2.05, 4.69) is 15.2 Å². The van der Waals surface area contributed by atoms with Crippen LogP contribution in [0.3, 0.4) is 0 Å². The van der Waals surface area contributed by atoms with Crippen LogP contribution in [-0.4, -0.2) is 15.2 Å². The number of fused-ring (bicyclic) bond motifs is 3. The Hall–Kier alpha value is -2.36. The molecule has 0 unspecified atom stereocenters. The second-order valence-corrected chi connectivity index (χ2v) is 3.43. The summed E-state index contributed by atoms with van der Waals surface area (Å²) in [5.74, 6) is 0. The molecule has 2 aromatic heterocycles. The molecule has 3 aromatic rings. The van der Waals surface area contributed by atoms with Gasteiger partial charge in [0.25, 0.3) is 0 Å². The topological polar surface area (TPSA) is 55.7 Å². The van der Waals surface area contributed by atoms with Gasteiger partial charge in [-0.05, 0) is 24.3 Å². The molecule has 16 heavy (non-hydrogen) atoms. The first-order chi connectivity index (χ1) is 7.86. The molecule has 0 N–H and O–H groups in total. The molecule has 0 aliphatic carbocycles. The number of benzene rings is 1. The van der Waals surface area contributed by atoms with Gasteiger partial charge in [-0.3, -0.25) is 9.78 Å². The quantitative estimate of drug-likeness (QED) is 0.563. The number of hydrogen-bond acceptors (Lipinski definition) is 4. The zero-order valence-corrected chi connectivity index (χ0v) is 8.29. The summed E-state index contributed by atoms with van der Waals surface area (Å²) in [5.41, 5.74) is 1.33. The SMILES string of the molecule is O=c1ccnnc2c1ccc1ncccc12. The second kappa shape index (κ2) is 3.34. The lowest BCUT2D eigenvalue weighted by Crippen LogP contribution is -1.95. The van der Waals surface area contributed by atoms with E-state index >= 15 is 0 Å². The van der Waals surface area contributed by atoms with Crippen LogP contribution in [0.2, 0.25) is 0 Å². The van der Waals surface area contributed by atoms with Crippen molar-refractivity contribution in [2.75, 3.05) is 0 Å². The highest BCUT2D eigenvalue weighted by atomic mass is 16.1. The first-order valence-corrected chi connectivity index (χ1v) is 4.86. The van der Waals surface area contributed by atoms with E-state index in [1.807, 2.05) is 18.2 Å². The Labute approximate surface area is 90.6 Å². The molecule has 0 spiro atoms. The molecule has 0 amide bonds. The number of pyridine rings is 1. The van der Waals surface area contributed by atoms with Crippen molar-refractivity contribution >= 4 is 21.8 Å². The van der Waals surface area contributed by atoms with Gasteiger partial charge in [-0.1, -0.05) is 0 Å². The predicted molar refractivity (Wildman–Crippen MR) is 61.1 cm³/mol. The molecule has 76 valence electrons. The van der Waals surface area contributed by atoms with Gasteiger partial charge in [-0.15, -0.1) is 5.10 Å². The average Bonchev–Trinajstić information content (AvgIpc) is 2.52. The Bertz CT molecular complexity index is 740. The van der Waals surface area contributed by atoms with E-state index < -0.39 is 0 Å². The molecule has 4 heteroatoms. The average molecular weight is 209 g/mol. The molecule has 1 aromatic carbocycles. The zero-order valence-electron chi connectivity index (χ0n) is 8.29. The summed E-state index contributed by atoms with van der Waals surface area (Å²) in [4.78, 5) is 15.9. The molecule has 0 bridgehead atoms. The number of nitrogens with zero attached hydrogens (tertiary/aromatic N) is 3. The zero-order chi connectivity index (χ0) is 11.0. The molecular weight excluding hydrogens is 202 g/mol. The van der Waals surface area contributed by atoms with E-state index in [-0.39, 0.29) is 5.43 Å². The molecule has 0 saturated carbocycles. The smallest absolute Gasteiger partial charge is 0.189 e. The van der Waals surface area contributed by atoms with Gasteiger partial charge in [0.2, 0.25) is 0 Å². The van der Waals surface area contributed by atoms with Crippen molar-refractivity contribution < 1.29 is 0 Å². The van der Waals surface area contributed by atoms with Crippen molar-refractivity contribution in [1.82, 2.24) is 15.2 Å². The van der Waals surface area contributed by atoms with Crippen molar-refractivity contribution in [3.05, 3.63) is 52.9 Å². The maximum atomic E-state index is 11.7. The van der Waals surface area contributed by atoms with Crippen LogP contribution >= 0.6 is 0 Å². The Balaban J connectivity index is 2.68. The Kier molecular flexibility index (Phi) is 1.86. The molecule has 0 saturated heterocycles. The molecule has 0 aliphatic rings. The third kappa shape index (κ3) is 1.24. The van der Waals surface area contributed by atoms with Gasteiger partial charge in [0, 0.05) is 17.6 Å². The van der Waals surface area contributed by atoms with Crippen molar-refractivity contribution in [1.29, 1.82) is 0 Å². The lowest BCUT2D eigenvalue weighted by Gasteiger charge is -1.97. The summed E-state index contributed by atoms with van der Waals surface area (Å²) < 4.78 is 0. The van der Waals surface area contributed by atoms with Gasteiger partial charge in [0.1, 0.15) is 5.52 Å². The fourth-order valence-electron chi connectivity index (χ4n) is 1.73. The highest BCUT2D eigenvalue weighted by molar-refractivity contribution is 6.02. The van der Waals surface area contributed by atoms with Crippen LogP contribution < -0.4 is 5.43 Å². The molecule has 4 nitrogen and oxygen atoms in total. The van der Waals surface area contributed by atoms with Crippen molar-refractivity contribution in [2.24, 2.45) is 0 Å². The third-order valence-electron chi connectivity index (χ3n) is 2.47. The number of aromatic nitrogens is 3. The molecule has 0 fully saturated rings. The summed E-state index contributed by atoms with van der Waals surface area (Å²) in [5, 5.41) is 9.27. The van der Waals surface area contributed by atoms with Gasteiger partial charge >= 0.3 is 0 Å². The minimum Gasteiger partial charge on any atom is -0.289 e. The van der Waals surface area contributed by atoms with Crippen LogP contribution in [0.1, 0.15) is 0 Å². The Morgan fingerprint density at radius 1 is 0.938 bits per heavy atom. The molecular formula is C12H7N3O. The van der Waals surface area contributed by atoms with Crippen molar-refractivity contribution in [3.8, 4) is 0 Å². The van der Waals surface area contributed by atoms with Gasteiger partial charge in [-0.2, -0.15) is 5.10 Å².